The van der Waals surface area contributed by atoms with Crippen molar-refractivity contribution in [2.24, 2.45) is 0 Å². The first-order chi connectivity index (χ1) is 11.8. The van der Waals surface area contributed by atoms with Gasteiger partial charge in [-0.1, -0.05) is 49.4 Å². The summed E-state index contributed by atoms with van der Waals surface area (Å²) in [5.41, 5.74) is 4.35. The van der Waals surface area contributed by atoms with Gasteiger partial charge in [-0.05, 0) is 61.4 Å². The van der Waals surface area contributed by atoms with Crippen LogP contribution in [0.2, 0.25) is 0 Å². The van der Waals surface area contributed by atoms with E-state index in [2.05, 4.69) is 60.4 Å². The van der Waals surface area contributed by atoms with Gasteiger partial charge in [-0.2, -0.15) is 0 Å². The number of methoxy groups -OCH3 is 1. The summed E-state index contributed by atoms with van der Waals surface area (Å²) in [5, 5.41) is 0. The van der Waals surface area contributed by atoms with E-state index in [0.29, 0.717) is 6.04 Å². The minimum absolute atomic E-state index is 0.660. The summed E-state index contributed by atoms with van der Waals surface area (Å²) in [7, 11) is 1.78. The van der Waals surface area contributed by atoms with Crippen molar-refractivity contribution >= 4 is 0 Å². The van der Waals surface area contributed by atoms with Crippen LogP contribution in [0.3, 0.4) is 0 Å². The summed E-state index contributed by atoms with van der Waals surface area (Å²) in [4.78, 5) is 2.70. The minimum atomic E-state index is 0.660. The molecule has 24 heavy (non-hydrogen) atoms. The topological polar surface area (TPSA) is 12.5 Å². The van der Waals surface area contributed by atoms with Crippen molar-refractivity contribution in [3.05, 3.63) is 65.2 Å². The van der Waals surface area contributed by atoms with E-state index in [4.69, 9.17) is 4.74 Å². The van der Waals surface area contributed by atoms with Gasteiger partial charge in [0.2, 0.25) is 0 Å². The SMILES string of the molecule is CCCN(CCc1ccccc1)C1CCc2c(cccc2OC)C1. The molecule has 128 valence electrons. The zero-order valence-corrected chi connectivity index (χ0v) is 15.0. The third-order valence-corrected chi connectivity index (χ3v) is 5.19. The van der Waals surface area contributed by atoms with Crippen molar-refractivity contribution in [2.75, 3.05) is 20.2 Å². The highest BCUT2D eigenvalue weighted by atomic mass is 16.5. The van der Waals surface area contributed by atoms with E-state index < -0.39 is 0 Å². The zero-order valence-electron chi connectivity index (χ0n) is 15.0. The molecule has 0 spiro atoms. The fourth-order valence-corrected chi connectivity index (χ4v) is 3.94. The third kappa shape index (κ3) is 3.99. The first kappa shape index (κ1) is 17.0. The van der Waals surface area contributed by atoms with Crippen molar-refractivity contribution < 1.29 is 4.74 Å². The van der Waals surface area contributed by atoms with Crippen LogP contribution in [0.15, 0.2) is 48.5 Å². The second kappa shape index (κ2) is 8.34. The van der Waals surface area contributed by atoms with Crippen LogP contribution in [-0.4, -0.2) is 31.1 Å². The molecule has 0 saturated heterocycles. The van der Waals surface area contributed by atoms with Gasteiger partial charge in [-0.15, -0.1) is 0 Å². The predicted octanol–water partition coefficient (Wildman–Crippen LogP) is 4.51. The summed E-state index contributed by atoms with van der Waals surface area (Å²) in [6, 6.07) is 18.0. The molecule has 0 heterocycles. The van der Waals surface area contributed by atoms with Crippen LogP contribution < -0.4 is 4.74 Å². The Morgan fingerprint density at radius 1 is 1.04 bits per heavy atom. The molecule has 2 aromatic rings. The van der Waals surface area contributed by atoms with E-state index in [0.717, 1.165) is 31.6 Å². The summed E-state index contributed by atoms with van der Waals surface area (Å²) in [6.07, 6.45) is 5.89. The number of rotatable bonds is 7. The lowest BCUT2D eigenvalue weighted by atomic mass is 9.86. The highest BCUT2D eigenvalue weighted by Gasteiger charge is 2.25. The molecule has 0 aliphatic heterocycles. The molecule has 0 aromatic heterocycles. The fourth-order valence-electron chi connectivity index (χ4n) is 3.94. The number of hydrogen-bond acceptors (Lipinski definition) is 2. The molecule has 0 saturated carbocycles. The lowest BCUT2D eigenvalue weighted by Crippen LogP contribution is -2.41. The highest BCUT2D eigenvalue weighted by Crippen LogP contribution is 2.31. The molecule has 1 aliphatic rings. The quantitative estimate of drug-likeness (QED) is 0.743. The molecule has 0 amide bonds. The maximum Gasteiger partial charge on any atom is 0.122 e. The predicted molar refractivity (Wildman–Crippen MR) is 101 cm³/mol. The van der Waals surface area contributed by atoms with Gasteiger partial charge in [0.05, 0.1) is 7.11 Å². The third-order valence-electron chi connectivity index (χ3n) is 5.19. The number of ether oxygens (including phenoxy) is 1. The molecule has 1 atom stereocenters. The van der Waals surface area contributed by atoms with Gasteiger partial charge in [0.25, 0.3) is 0 Å². The van der Waals surface area contributed by atoms with E-state index in [1.807, 2.05) is 0 Å². The van der Waals surface area contributed by atoms with Crippen LogP contribution in [0.5, 0.6) is 5.75 Å². The average Bonchev–Trinajstić information content (AvgIpc) is 2.65. The van der Waals surface area contributed by atoms with Gasteiger partial charge in [-0.3, -0.25) is 4.90 Å². The molecule has 0 bridgehead atoms. The van der Waals surface area contributed by atoms with Gasteiger partial charge < -0.3 is 4.74 Å². The average molecular weight is 323 g/mol. The molecule has 0 radical (unpaired) electrons. The van der Waals surface area contributed by atoms with Crippen LogP contribution in [-0.2, 0) is 19.3 Å². The second-order valence-corrected chi connectivity index (χ2v) is 6.77. The van der Waals surface area contributed by atoms with Crippen LogP contribution in [0.1, 0.15) is 36.5 Å². The van der Waals surface area contributed by atoms with Crippen LogP contribution in [0.25, 0.3) is 0 Å². The largest absolute Gasteiger partial charge is 0.496 e. The Hall–Kier alpha value is -1.80. The first-order valence-corrected chi connectivity index (χ1v) is 9.24. The van der Waals surface area contributed by atoms with Gasteiger partial charge >= 0.3 is 0 Å². The van der Waals surface area contributed by atoms with E-state index in [9.17, 15) is 0 Å². The molecule has 3 rings (SSSR count). The van der Waals surface area contributed by atoms with Crippen LogP contribution in [0.4, 0.5) is 0 Å². The molecule has 1 unspecified atom stereocenters. The number of benzene rings is 2. The Bertz CT molecular complexity index is 638. The van der Waals surface area contributed by atoms with E-state index in [-0.39, 0.29) is 0 Å². The zero-order chi connectivity index (χ0) is 16.8. The van der Waals surface area contributed by atoms with Crippen molar-refractivity contribution in [2.45, 2.75) is 45.1 Å². The lowest BCUT2D eigenvalue weighted by molar-refractivity contribution is 0.181. The Morgan fingerprint density at radius 3 is 2.62 bits per heavy atom. The fraction of sp³-hybridized carbons (Fsp3) is 0.455. The monoisotopic (exact) mass is 323 g/mol. The van der Waals surface area contributed by atoms with Crippen LogP contribution >= 0.6 is 0 Å². The van der Waals surface area contributed by atoms with Crippen molar-refractivity contribution in [1.82, 2.24) is 4.90 Å². The second-order valence-electron chi connectivity index (χ2n) is 6.77. The molecule has 2 nitrogen and oxygen atoms in total. The summed E-state index contributed by atoms with van der Waals surface area (Å²) < 4.78 is 5.55. The van der Waals surface area contributed by atoms with Gasteiger partial charge in [-0.25, -0.2) is 0 Å². The molecular weight excluding hydrogens is 294 g/mol. The molecule has 1 aliphatic carbocycles. The minimum Gasteiger partial charge on any atom is -0.496 e. The molecule has 2 aromatic carbocycles. The van der Waals surface area contributed by atoms with Gasteiger partial charge in [0, 0.05) is 12.6 Å². The number of nitrogens with zero attached hydrogens (tertiary/aromatic N) is 1. The van der Waals surface area contributed by atoms with E-state index in [1.54, 1.807) is 7.11 Å². The first-order valence-electron chi connectivity index (χ1n) is 9.24. The highest BCUT2D eigenvalue weighted by molar-refractivity contribution is 5.42. The van der Waals surface area contributed by atoms with Crippen molar-refractivity contribution in [1.29, 1.82) is 0 Å². The maximum atomic E-state index is 5.55. The normalized spacial score (nSPS) is 16.9. The standard InChI is InChI=1S/C22H29NO/c1-3-15-23(16-14-18-8-5-4-6-9-18)20-12-13-21-19(17-20)10-7-11-22(21)24-2/h4-11,20H,3,12-17H2,1-2H3. The number of hydrogen-bond donors (Lipinski definition) is 0. The van der Waals surface area contributed by atoms with Crippen molar-refractivity contribution in [3.63, 3.8) is 0 Å². The number of fused-ring (bicyclic) bond motifs is 1. The van der Waals surface area contributed by atoms with Crippen molar-refractivity contribution in [3.8, 4) is 5.75 Å². The molecular formula is C22H29NO. The summed E-state index contributed by atoms with van der Waals surface area (Å²) >= 11 is 0. The summed E-state index contributed by atoms with van der Waals surface area (Å²) in [5.74, 6) is 1.07. The molecule has 0 fully saturated rings. The van der Waals surface area contributed by atoms with E-state index >= 15 is 0 Å². The van der Waals surface area contributed by atoms with Gasteiger partial charge in [0.15, 0.2) is 0 Å². The Labute approximate surface area is 146 Å². The van der Waals surface area contributed by atoms with Crippen LogP contribution in [0, 0.1) is 0 Å². The summed E-state index contributed by atoms with van der Waals surface area (Å²) in [6.45, 7) is 4.63. The smallest absolute Gasteiger partial charge is 0.122 e. The Balaban J connectivity index is 1.68. The lowest BCUT2D eigenvalue weighted by Gasteiger charge is -2.35. The molecule has 2 heteroatoms. The van der Waals surface area contributed by atoms with E-state index in [1.165, 1.54) is 36.1 Å². The van der Waals surface area contributed by atoms with Gasteiger partial charge in [0.1, 0.15) is 5.75 Å². The maximum absolute atomic E-state index is 5.55. The Morgan fingerprint density at radius 2 is 1.88 bits per heavy atom. The Kier molecular flexibility index (Phi) is 5.92. The molecule has 0 N–H and O–H groups in total.